The third-order valence-corrected chi connectivity index (χ3v) is 6.87. The van der Waals surface area contributed by atoms with Gasteiger partial charge in [-0.05, 0) is 73.9 Å². The lowest BCUT2D eigenvalue weighted by Crippen LogP contribution is -2.29. The number of pyridine rings is 3. The molecule has 5 rings (SSSR count). The highest BCUT2D eigenvalue weighted by molar-refractivity contribution is 5.98. The molecule has 0 radical (unpaired) electrons. The Labute approximate surface area is 240 Å². The van der Waals surface area contributed by atoms with Crippen molar-refractivity contribution in [3.63, 3.8) is 0 Å². The molecule has 8 nitrogen and oxygen atoms in total. The minimum atomic E-state index is -0.703. The number of ether oxygens (including phenoxy) is 3. The number of aryl methyl sites for hydroxylation is 3. The Morgan fingerprint density at radius 2 is 1.67 bits per heavy atom. The van der Waals surface area contributed by atoms with Crippen molar-refractivity contribution in [1.29, 1.82) is 0 Å². The van der Waals surface area contributed by atoms with Crippen molar-refractivity contribution in [3.8, 4) is 28.8 Å². The Hall–Kier alpha value is -5.12. The van der Waals surface area contributed by atoms with Crippen LogP contribution in [0.5, 0.6) is 23.1 Å². The van der Waals surface area contributed by atoms with E-state index >= 15 is 4.39 Å². The highest BCUT2D eigenvalue weighted by Gasteiger charge is 2.21. The second kappa shape index (κ2) is 11.4. The van der Waals surface area contributed by atoms with Gasteiger partial charge in [-0.2, -0.15) is 0 Å². The molecule has 0 fully saturated rings. The number of carbonyl (C=O) groups is 1. The molecule has 0 amide bonds. The number of nitrogens with zero attached hydrogens (tertiary/aromatic N) is 3. The number of aromatic nitrogens is 3. The van der Waals surface area contributed by atoms with E-state index in [1.807, 2.05) is 0 Å². The predicted octanol–water partition coefficient (Wildman–Crippen LogP) is 6.22. The summed E-state index contributed by atoms with van der Waals surface area (Å²) in [6.07, 6.45) is 1.29. The number of methoxy groups -OCH3 is 2. The Morgan fingerprint density at radius 1 is 0.881 bits per heavy atom. The van der Waals surface area contributed by atoms with Crippen molar-refractivity contribution in [2.45, 2.75) is 27.2 Å². The van der Waals surface area contributed by atoms with E-state index in [1.165, 1.54) is 55.3 Å². The molecule has 214 valence electrons. The molecule has 3 aromatic heterocycles. The molecular formula is C32H27F2N3O5. The van der Waals surface area contributed by atoms with E-state index in [2.05, 4.69) is 9.97 Å². The average Bonchev–Trinajstić information content (AvgIpc) is 2.94. The molecule has 2 aromatic carbocycles. The van der Waals surface area contributed by atoms with E-state index in [0.29, 0.717) is 44.9 Å². The van der Waals surface area contributed by atoms with E-state index in [9.17, 15) is 14.0 Å². The maximum absolute atomic E-state index is 15.2. The van der Waals surface area contributed by atoms with E-state index in [0.717, 1.165) is 0 Å². The van der Waals surface area contributed by atoms with Gasteiger partial charge in [0.1, 0.15) is 11.3 Å². The van der Waals surface area contributed by atoms with Gasteiger partial charge in [0.15, 0.2) is 28.8 Å². The minimum absolute atomic E-state index is 0.0104. The Morgan fingerprint density at radius 3 is 2.36 bits per heavy atom. The number of hydrogen-bond acceptors (Lipinski definition) is 7. The van der Waals surface area contributed by atoms with Crippen molar-refractivity contribution in [2.24, 2.45) is 0 Å². The Bertz CT molecular complexity index is 1920. The van der Waals surface area contributed by atoms with Gasteiger partial charge in [0.25, 0.3) is 11.4 Å². The zero-order valence-corrected chi connectivity index (χ0v) is 23.6. The number of fused-ring (bicyclic) bond motifs is 1. The lowest BCUT2D eigenvalue weighted by Gasteiger charge is -2.16. The molecule has 3 heterocycles. The number of halogens is 2. The molecule has 0 atom stereocenters. The largest absolute Gasteiger partial charge is 0.491 e. The van der Waals surface area contributed by atoms with Gasteiger partial charge >= 0.3 is 0 Å². The van der Waals surface area contributed by atoms with Gasteiger partial charge in [-0.25, -0.2) is 13.8 Å². The highest BCUT2D eigenvalue weighted by atomic mass is 19.1. The van der Waals surface area contributed by atoms with Crippen LogP contribution in [0.25, 0.3) is 16.7 Å². The monoisotopic (exact) mass is 571 g/mol. The van der Waals surface area contributed by atoms with Gasteiger partial charge in [-0.15, -0.1) is 0 Å². The van der Waals surface area contributed by atoms with E-state index in [4.69, 9.17) is 14.2 Å². The molecule has 0 spiro atoms. The first-order valence-corrected chi connectivity index (χ1v) is 13.0. The van der Waals surface area contributed by atoms with Crippen LogP contribution in [-0.2, 0) is 6.42 Å². The lowest BCUT2D eigenvalue weighted by molar-refractivity contribution is 0.0990. The van der Waals surface area contributed by atoms with Gasteiger partial charge in [-0.1, -0.05) is 6.07 Å². The van der Waals surface area contributed by atoms with Crippen LogP contribution in [0.2, 0.25) is 0 Å². The first-order chi connectivity index (χ1) is 20.1. The van der Waals surface area contributed by atoms with Crippen LogP contribution in [0.4, 0.5) is 8.78 Å². The molecule has 0 saturated carbocycles. The Balaban J connectivity index is 1.43. The van der Waals surface area contributed by atoms with Gasteiger partial charge < -0.3 is 14.2 Å². The lowest BCUT2D eigenvalue weighted by atomic mass is 9.99. The molecular weight excluding hydrogens is 544 g/mol. The van der Waals surface area contributed by atoms with Crippen molar-refractivity contribution in [1.82, 2.24) is 14.5 Å². The van der Waals surface area contributed by atoms with Crippen LogP contribution in [-0.4, -0.2) is 34.5 Å². The molecule has 10 heteroatoms. The van der Waals surface area contributed by atoms with Gasteiger partial charge in [0.2, 0.25) is 0 Å². The second-order valence-electron chi connectivity index (χ2n) is 9.76. The normalized spacial score (nSPS) is 11.0. The van der Waals surface area contributed by atoms with Crippen molar-refractivity contribution < 1.29 is 27.8 Å². The summed E-state index contributed by atoms with van der Waals surface area (Å²) in [7, 11) is 2.93. The fraction of sp³-hybridized carbons (Fsp3) is 0.188. The molecule has 0 aliphatic carbocycles. The smallest absolute Gasteiger partial charge is 0.266 e. The summed E-state index contributed by atoms with van der Waals surface area (Å²) in [5.41, 5.74) is 2.77. The number of ketones is 1. The fourth-order valence-electron chi connectivity index (χ4n) is 4.92. The van der Waals surface area contributed by atoms with Crippen molar-refractivity contribution in [2.75, 3.05) is 14.2 Å². The van der Waals surface area contributed by atoms with Crippen LogP contribution >= 0.6 is 0 Å². The van der Waals surface area contributed by atoms with Crippen LogP contribution < -0.4 is 19.8 Å². The summed E-state index contributed by atoms with van der Waals surface area (Å²) in [5, 5.41) is 0. The first-order valence-electron chi connectivity index (χ1n) is 13.0. The van der Waals surface area contributed by atoms with Crippen molar-refractivity contribution in [3.05, 3.63) is 111 Å². The summed E-state index contributed by atoms with van der Waals surface area (Å²) in [6.45, 7) is 5.11. The maximum Gasteiger partial charge on any atom is 0.266 e. The SMILES string of the molecule is COc1cc2nccc(Oc3ccc(CC(=O)c4c(C)cc(C)n(-c5ccc(F)cc5C)c4=O)cc3F)c2nc1OC. The van der Waals surface area contributed by atoms with E-state index in [-0.39, 0.29) is 29.4 Å². The number of rotatable bonds is 8. The molecule has 5 aromatic rings. The second-order valence-corrected chi connectivity index (χ2v) is 9.76. The first kappa shape index (κ1) is 28.4. The van der Waals surface area contributed by atoms with Gasteiger partial charge in [-0.3, -0.25) is 19.1 Å². The van der Waals surface area contributed by atoms with E-state index < -0.39 is 23.0 Å². The van der Waals surface area contributed by atoms with Crippen LogP contribution in [0, 0.1) is 32.4 Å². The molecule has 0 aliphatic rings. The maximum atomic E-state index is 15.2. The fourth-order valence-corrected chi connectivity index (χ4v) is 4.92. The summed E-state index contributed by atoms with van der Waals surface area (Å²) in [6, 6.07) is 13.2. The highest BCUT2D eigenvalue weighted by Crippen LogP contribution is 2.34. The predicted molar refractivity (Wildman–Crippen MR) is 153 cm³/mol. The number of Topliss-reactive ketones (excluding diaryl/α,β-unsaturated/α-hetero) is 1. The standard InChI is InChI=1S/C32H27F2N3O5/c1-17-13-21(33)7-8-24(17)37-19(3)12-18(2)29(32(37)39)25(38)15-20-6-9-26(22(34)14-20)42-27-10-11-35-23-16-28(40-4)31(41-5)36-30(23)27/h6-14,16H,15H2,1-5H3. The van der Waals surface area contributed by atoms with Crippen LogP contribution in [0.15, 0.2) is 65.6 Å². The summed E-state index contributed by atoms with van der Waals surface area (Å²) in [4.78, 5) is 35.6. The molecule has 0 N–H and O–H groups in total. The minimum Gasteiger partial charge on any atom is -0.491 e. The van der Waals surface area contributed by atoms with Crippen LogP contribution in [0.1, 0.15) is 32.7 Å². The zero-order chi connectivity index (χ0) is 30.1. The third-order valence-electron chi connectivity index (χ3n) is 6.87. The number of carbonyl (C=O) groups excluding carboxylic acids is 1. The molecule has 42 heavy (non-hydrogen) atoms. The number of benzene rings is 2. The molecule has 0 bridgehead atoms. The number of hydrogen-bond donors (Lipinski definition) is 0. The quantitative estimate of drug-likeness (QED) is 0.204. The van der Waals surface area contributed by atoms with Crippen LogP contribution in [0.3, 0.4) is 0 Å². The van der Waals surface area contributed by atoms with Gasteiger partial charge in [0.05, 0.1) is 31.0 Å². The van der Waals surface area contributed by atoms with Gasteiger partial charge in [0, 0.05) is 30.4 Å². The molecule has 0 saturated heterocycles. The molecule has 0 aliphatic heterocycles. The zero-order valence-electron chi connectivity index (χ0n) is 23.6. The topological polar surface area (TPSA) is 92.5 Å². The Kier molecular flexibility index (Phi) is 7.71. The summed E-state index contributed by atoms with van der Waals surface area (Å²) in [5.74, 6) is -0.828. The van der Waals surface area contributed by atoms with E-state index in [1.54, 1.807) is 45.0 Å². The average molecular weight is 572 g/mol. The summed E-state index contributed by atoms with van der Waals surface area (Å²) >= 11 is 0. The third kappa shape index (κ3) is 5.30. The summed E-state index contributed by atoms with van der Waals surface area (Å²) < 4.78 is 46.7. The van der Waals surface area contributed by atoms with Crippen molar-refractivity contribution >= 4 is 16.8 Å². The molecule has 0 unspecified atom stereocenters.